The molecule has 0 bridgehead atoms. The number of nitrogens with zero attached hydrogens (tertiary/aromatic N) is 9. The summed E-state index contributed by atoms with van der Waals surface area (Å²) in [5.41, 5.74) is 3.12. The van der Waals surface area contributed by atoms with Crippen LogP contribution < -0.4 is 20.7 Å². The smallest absolute Gasteiger partial charge is 0.282 e. The average molecular weight is 1100 g/mol. The van der Waals surface area contributed by atoms with Crippen molar-refractivity contribution in [3.05, 3.63) is 102 Å². The van der Waals surface area contributed by atoms with Crippen molar-refractivity contribution < 1.29 is 37.5 Å². The summed E-state index contributed by atoms with van der Waals surface area (Å²) in [7, 11) is 1.58. The first-order chi connectivity index (χ1) is 36.4. The number of benzene rings is 2. The first kappa shape index (κ1) is 53.1. The third-order valence-electron chi connectivity index (χ3n) is 16.1. The Morgan fingerprint density at radius 2 is 1.75 bits per heavy atom. The minimum absolute atomic E-state index is 0.00324. The fourth-order valence-electron chi connectivity index (χ4n) is 11.6. The molecule has 2 saturated carbocycles. The van der Waals surface area contributed by atoms with Gasteiger partial charge < -0.3 is 30.5 Å². The first-order valence-corrected chi connectivity index (χ1v) is 27.3. The monoisotopic (exact) mass is 1100 g/mol. The number of carbonyl (C=O) groups is 5. The van der Waals surface area contributed by atoms with Crippen molar-refractivity contribution in [1.29, 1.82) is 0 Å². The number of thiophene rings is 1. The summed E-state index contributed by atoms with van der Waals surface area (Å²) in [6.45, 7) is 7.67. The number of amides is 5. The van der Waals surface area contributed by atoms with Crippen LogP contribution in [-0.4, -0.2) is 115 Å². The Labute approximate surface area is 452 Å². The molecule has 2 aromatic carbocycles. The van der Waals surface area contributed by atoms with Crippen LogP contribution in [0, 0.1) is 37.5 Å². The minimum atomic E-state index is -3.02. The lowest BCUT2D eigenvalue weighted by Crippen LogP contribution is -2.54. The zero-order chi connectivity index (χ0) is 53.8. The highest BCUT2D eigenvalue weighted by Gasteiger charge is 2.54. The molecule has 1 spiro atoms. The maximum absolute atomic E-state index is 14.9. The van der Waals surface area contributed by atoms with Crippen LogP contribution in [0.15, 0.2) is 41.4 Å². The molecule has 10 rings (SSSR count). The van der Waals surface area contributed by atoms with Crippen molar-refractivity contribution in [2.75, 3.05) is 39.8 Å². The van der Waals surface area contributed by atoms with Crippen LogP contribution in [0.4, 0.5) is 8.78 Å². The first-order valence-electron chi connectivity index (χ1n) is 25.7. The zero-order valence-corrected chi connectivity index (χ0v) is 45.3. The maximum Gasteiger partial charge on any atom is 0.282 e. The number of fused-ring (bicyclic) bond motifs is 4. The molecule has 4 atom stereocenters. The van der Waals surface area contributed by atoms with Gasteiger partial charge in [0.1, 0.15) is 40.6 Å². The molecule has 6 heterocycles. The highest BCUT2D eigenvalue weighted by molar-refractivity contribution is 7.15. The van der Waals surface area contributed by atoms with E-state index in [0.29, 0.717) is 77.5 Å². The van der Waals surface area contributed by atoms with Gasteiger partial charge in [-0.25, -0.2) is 13.5 Å². The molecule has 18 nitrogen and oxygen atoms in total. The number of nitrogens with one attached hydrogen (secondary N) is 3. The van der Waals surface area contributed by atoms with E-state index in [9.17, 15) is 32.8 Å². The topological polar surface area (TPSA) is 211 Å². The van der Waals surface area contributed by atoms with Crippen molar-refractivity contribution in [2.45, 2.75) is 117 Å². The van der Waals surface area contributed by atoms with Crippen molar-refractivity contribution >= 4 is 69.8 Å². The summed E-state index contributed by atoms with van der Waals surface area (Å²) in [4.78, 5) is 78.3. The minimum Gasteiger partial charge on any atom is -0.487 e. The molecular formula is C53H60Cl2F2N12O6S. The molecule has 5 aromatic rings. The summed E-state index contributed by atoms with van der Waals surface area (Å²) in [5, 5.41) is 26.9. The Bertz CT molecular complexity index is 3160. The van der Waals surface area contributed by atoms with E-state index in [1.54, 1.807) is 47.5 Å². The van der Waals surface area contributed by atoms with Crippen molar-refractivity contribution in [2.24, 2.45) is 21.7 Å². The second-order valence-corrected chi connectivity index (χ2v) is 23.0. The molecule has 402 valence electrons. The Kier molecular flexibility index (Phi) is 14.8. The normalized spacial score (nSPS) is 21.4. The van der Waals surface area contributed by atoms with Gasteiger partial charge in [-0.3, -0.25) is 33.5 Å². The second-order valence-electron chi connectivity index (χ2n) is 21.0. The molecule has 5 amide bonds. The SMILES string of the molecule is CNC(=O)[C@@]1(C)CCCC[C@H]1C(=O)N1CCc2c(Cl)ccc(OCc3nnn(CCNC(=O)CNC(=O)C[C@@H]4N=C(c5ccc(Cl)cc5)c5c(sc(C)c5C)-n5c(C)nnc54)c3C(F)F)c2C1CN1CC2(CC2)CC1=O. The van der Waals surface area contributed by atoms with Gasteiger partial charge in [-0.2, -0.15) is 0 Å². The number of ether oxygens (including phenoxy) is 1. The number of hydrogen-bond donors (Lipinski definition) is 3. The number of aryl methyl sites for hydroxylation is 2. The van der Waals surface area contributed by atoms with Crippen LogP contribution in [0.25, 0.3) is 5.00 Å². The van der Waals surface area contributed by atoms with Gasteiger partial charge in [-0.1, -0.05) is 53.4 Å². The standard InChI is InChI=1S/C53H60Cl2F2N12O6S/c1-28-29(2)76-50-43(28)45(31-9-11-32(54)12-10-31)61-36(48-64-62-30(3)69(48)50)22-40(70)60-24-41(71)59-19-21-68-46(47(56)57)37(63-65-68)26-75-39-14-13-35(55)33-15-20-67(49(73)34-8-6-7-16-52(34,4)51(74)58-5)38(44(33)39)25-66-27-53(17-18-53)23-42(66)72/h9-14,34,36,38,47H,6-8,15-27H2,1-5H3,(H,58,74)(H,59,71)(H,60,70)/t34-,36-,38?,52-/m0/s1. The molecule has 5 aliphatic rings. The largest absolute Gasteiger partial charge is 0.487 e. The van der Waals surface area contributed by atoms with Gasteiger partial charge in [0.15, 0.2) is 5.82 Å². The van der Waals surface area contributed by atoms with E-state index in [0.717, 1.165) is 62.5 Å². The van der Waals surface area contributed by atoms with Crippen LogP contribution in [0.5, 0.6) is 5.75 Å². The Morgan fingerprint density at radius 3 is 2.47 bits per heavy atom. The number of hydrogen-bond acceptors (Lipinski definition) is 12. The fraction of sp³-hybridized carbons (Fsp3) is 0.509. The third-order valence-corrected chi connectivity index (χ3v) is 17.9. The number of aromatic nitrogens is 6. The lowest BCUT2D eigenvalue weighted by atomic mass is 9.66. The summed E-state index contributed by atoms with van der Waals surface area (Å²) in [5.74, 6) is -0.605. The van der Waals surface area contributed by atoms with E-state index in [1.165, 1.54) is 0 Å². The van der Waals surface area contributed by atoms with E-state index in [4.69, 9.17) is 32.9 Å². The van der Waals surface area contributed by atoms with E-state index >= 15 is 0 Å². The molecule has 1 saturated heterocycles. The van der Waals surface area contributed by atoms with Crippen molar-refractivity contribution in [3.8, 4) is 10.8 Å². The van der Waals surface area contributed by atoms with Crippen LogP contribution >= 0.6 is 34.5 Å². The Hall–Kier alpha value is -6.32. The molecule has 0 radical (unpaired) electrons. The van der Waals surface area contributed by atoms with Crippen molar-refractivity contribution in [1.82, 2.24) is 55.5 Å². The summed E-state index contributed by atoms with van der Waals surface area (Å²) >= 11 is 14.7. The second kappa shape index (κ2) is 21.2. The predicted octanol–water partition coefficient (Wildman–Crippen LogP) is 7.26. The third kappa shape index (κ3) is 10.1. The summed E-state index contributed by atoms with van der Waals surface area (Å²) < 4.78 is 39.2. The molecule has 3 N–H and O–H groups in total. The van der Waals surface area contributed by atoms with Gasteiger partial charge in [-0.15, -0.1) is 26.6 Å². The van der Waals surface area contributed by atoms with Gasteiger partial charge in [0.2, 0.25) is 29.5 Å². The van der Waals surface area contributed by atoms with Gasteiger partial charge >= 0.3 is 0 Å². The highest BCUT2D eigenvalue weighted by Crippen LogP contribution is 2.54. The zero-order valence-electron chi connectivity index (χ0n) is 43.0. The van der Waals surface area contributed by atoms with Crippen LogP contribution in [-0.2, 0) is 43.5 Å². The quantitative estimate of drug-likeness (QED) is 0.0900. The maximum atomic E-state index is 14.9. The molecule has 23 heteroatoms. The van der Waals surface area contributed by atoms with Crippen LogP contribution in [0.1, 0.15) is 133 Å². The molecule has 3 aromatic heterocycles. The van der Waals surface area contributed by atoms with E-state index in [-0.39, 0.29) is 54.9 Å². The fourth-order valence-corrected chi connectivity index (χ4v) is 13.2. The summed E-state index contributed by atoms with van der Waals surface area (Å²) in [6, 6.07) is 9.18. The lowest BCUT2D eigenvalue weighted by Gasteiger charge is -2.46. The van der Waals surface area contributed by atoms with E-state index < -0.39 is 60.5 Å². The van der Waals surface area contributed by atoms with E-state index in [1.807, 2.05) is 49.3 Å². The highest BCUT2D eigenvalue weighted by atomic mass is 35.5. The molecule has 76 heavy (non-hydrogen) atoms. The number of rotatable bonds is 16. The van der Waals surface area contributed by atoms with Crippen molar-refractivity contribution in [3.63, 3.8) is 0 Å². The molecule has 3 aliphatic heterocycles. The van der Waals surface area contributed by atoms with Crippen LogP contribution in [0.3, 0.4) is 0 Å². The van der Waals surface area contributed by atoms with E-state index in [2.05, 4.69) is 36.5 Å². The molecule has 2 aliphatic carbocycles. The van der Waals surface area contributed by atoms with Crippen LogP contribution in [0.2, 0.25) is 10.0 Å². The Morgan fingerprint density at radius 1 is 0.974 bits per heavy atom. The number of halogens is 4. The number of aliphatic imine (C=N–C) groups is 1. The molecular weight excluding hydrogens is 1040 g/mol. The number of alkyl halides is 2. The van der Waals surface area contributed by atoms with Gasteiger partial charge in [0.05, 0.1) is 42.6 Å². The van der Waals surface area contributed by atoms with Gasteiger partial charge in [0, 0.05) is 71.3 Å². The van der Waals surface area contributed by atoms with Gasteiger partial charge in [-0.05, 0) is 101 Å². The predicted molar refractivity (Wildman–Crippen MR) is 280 cm³/mol. The van der Waals surface area contributed by atoms with Gasteiger partial charge in [0.25, 0.3) is 6.43 Å². The average Bonchev–Trinajstić information content (AvgIpc) is 3.62. The number of likely N-dealkylation sites (tertiary alicyclic amines) is 1. The summed E-state index contributed by atoms with van der Waals surface area (Å²) in [6.07, 6.45) is 2.23. The Balaban J connectivity index is 0.811. The lowest BCUT2D eigenvalue weighted by molar-refractivity contribution is -0.153. The molecule has 3 fully saturated rings. The molecule has 1 unspecified atom stereocenters. The number of carbonyl (C=O) groups excluding carboxylic acids is 5.